The SMILES string of the molecule is CC(C)C(C)NC(=O)CN(Cc1ccccc1)S(C)(=O)=O. The van der Waals surface area contributed by atoms with Crippen LogP contribution in [0.25, 0.3) is 0 Å². The van der Waals surface area contributed by atoms with Gasteiger partial charge in [-0.05, 0) is 18.4 Å². The van der Waals surface area contributed by atoms with Crippen LogP contribution in [0.1, 0.15) is 26.3 Å². The highest BCUT2D eigenvalue weighted by atomic mass is 32.2. The molecule has 1 unspecified atom stereocenters. The number of carbonyl (C=O) groups excluding carboxylic acids is 1. The number of sulfonamides is 1. The summed E-state index contributed by atoms with van der Waals surface area (Å²) < 4.78 is 24.9. The van der Waals surface area contributed by atoms with Gasteiger partial charge in [0.1, 0.15) is 0 Å². The average molecular weight is 312 g/mol. The first-order chi connectivity index (χ1) is 9.70. The Labute approximate surface area is 127 Å². The molecule has 0 saturated heterocycles. The Balaban J connectivity index is 2.74. The minimum absolute atomic E-state index is 0.00985. The Bertz CT molecular complexity index is 556. The molecule has 1 aromatic carbocycles. The molecule has 0 saturated carbocycles. The van der Waals surface area contributed by atoms with E-state index in [-0.39, 0.29) is 25.0 Å². The van der Waals surface area contributed by atoms with Crippen molar-refractivity contribution in [2.24, 2.45) is 5.92 Å². The summed E-state index contributed by atoms with van der Waals surface area (Å²) in [4.78, 5) is 12.0. The minimum Gasteiger partial charge on any atom is -0.352 e. The molecule has 118 valence electrons. The maximum atomic E-state index is 12.0. The van der Waals surface area contributed by atoms with Gasteiger partial charge in [-0.15, -0.1) is 0 Å². The second-order valence-corrected chi connectivity index (χ2v) is 7.60. The number of amides is 1. The van der Waals surface area contributed by atoms with Gasteiger partial charge < -0.3 is 5.32 Å². The predicted molar refractivity (Wildman–Crippen MR) is 84.1 cm³/mol. The molecule has 0 fully saturated rings. The van der Waals surface area contributed by atoms with Crippen LogP contribution in [-0.2, 0) is 21.4 Å². The van der Waals surface area contributed by atoms with E-state index < -0.39 is 10.0 Å². The molecule has 0 bridgehead atoms. The van der Waals surface area contributed by atoms with Gasteiger partial charge in [0.2, 0.25) is 15.9 Å². The van der Waals surface area contributed by atoms with Crippen LogP contribution in [0.5, 0.6) is 0 Å². The van der Waals surface area contributed by atoms with E-state index >= 15 is 0 Å². The van der Waals surface area contributed by atoms with Gasteiger partial charge in [0.25, 0.3) is 0 Å². The van der Waals surface area contributed by atoms with E-state index in [1.807, 2.05) is 51.1 Å². The summed E-state index contributed by atoms with van der Waals surface area (Å²) in [7, 11) is -3.44. The van der Waals surface area contributed by atoms with Crippen LogP contribution >= 0.6 is 0 Å². The molecule has 1 aromatic rings. The van der Waals surface area contributed by atoms with Crippen molar-refractivity contribution in [1.29, 1.82) is 0 Å². The van der Waals surface area contributed by atoms with Crippen LogP contribution in [0.2, 0.25) is 0 Å². The van der Waals surface area contributed by atoms with Crippen molar-refractivity contribution in [2.45, 2.75) is 33.4 Å². The molecule has 1 N–H and O–H groups in total. The van der Waals surface area contributed by atoms with E-state index in [0.29, 0.717) is 5.92 Å². The lowest BCUT2D eigenvalue weighted by Crippen LogP contribution is -2.44. The zero-order valence-electron chi connectivity index (χ0n) is 13.0. The Morgan fingerprint density at radius 2 is 1.76 bits per heavy atom. The van der Waals surface area contributed by atoms with Gasteiger partial charge in [-0.2, -0.15) is 4.31 Å². The third kappa shape index (κ3) is 6.27. The fourth-order valence-corrected chi connectivity index (χ4v) is 2.44. The second-order valence-electron chi connectivity index (χ2n) is 5.62. The lowest BCUT2D eigenvalue weighted by Gasteiger charge is -2.22. The number of benzene rings is 1. The largest absolute Gasteiger partial charge is 0.352 e. The van der Waals surface area contributed by atoms with E-state index in [9.17, 15) is 13.2 Å². The normalized spacial score (nSPS) is 13.4. The third-order valence-electron chi connectivity index (χ3n) is 3.38. The molecule has 0 radical (unpaired) electrons. The molecule has 0 heterocycles. The Hall–Kier alpha value is -1.40. The van der Waals surface area contributed by atoms with E-state index in [2.05, 4.69) is 5.32 Å². The lowest BCUT2D eigenvalue weighted by molar-refractivity contribution is -0.122. The first-order valence-electron chi connectivity index (χ1n) is 6.98. The Morgan fingerprint density at radius 3 is 2.24 bits per heavy atom. The molecule has 0 aromatic heterocycles. The third-order valence-corrected chi connectivity index (χ3v) is 4.58. The fourth-order valence-electron chi connectivity index (χ4n) is 1.70. The zero-order chi connectivity index (χ0) is 16.0. The lowest BCUT2D eigenvalue weighted by atomic mass is 10.1. The molecule has 0 spiro atoms. The van der Waals surface area contributed by atoms with Crippen LogP contribution in [0, 0.1) is 5.92 Å². The number of carbonyl (C=O) groups is 1. The topological polar surface area (TPSA) is 66.5 Å². The summed E-state index contributed by atoms with van der Waals surface area (Å²) in [6.45, 7) is 5.95. The zero-order valence-corrected chi connectivity index (χ0v) is 13.9. The van der Waals surface area contributed by atoms with Crippen LogP contribution in [0.15, 0.2) is 30.3 Å². The maximum Gasteiger partial charge on any atom is 0.235 e. The summed E-state index contributed by atoms with van der Waals surface area (Å²) in [6, 6.07) is 9.24. The predicted octanol–water partition coefficient (Wildman–Crippen LogP) is 1.61. The molecule has 0 aliphatic carbocycles. The van der Waals surface area contributed by atoms with Gasteiger partial charge in [0.15, 0.2) is 0 Å². The van der Waals surface area contributed by atoms with Crippen molar-refractivity contribution in [1.82, 2.24) is 9.62 Å². The van der Waals surface area contributed by atoms with Gasteiger partial charge in [0.05, 0.1) is 12.8 Å². The number of hydrogen-bond donors (Lipinski definition) is 1. The van der Waals surface area contributed by atoms with Crippen molar-refractivity contribution >= 4 is 15.9 Å². The standard InChI is InChI=1S/C15H24N2O3S/c1-12(2)13(3)16-15(18)11-17(21(4,19)20)10-14-8-6-5-7-9-14/h5-9,12-13H,10-11H2,1-4H3,(H,16,18). The van der Waals surface area contributed by atoms with Crippen LogP contribution in [0.4, 0.5) is 0 Å². The smallest absolute Gasteiger partial charge is 0.235 e. The fraction of sp³-hybridized carbons (Fsp3) is 0.533. The molecule has 6 heteroatoms. The van der Waals surface area contributed by atoms with E-state index in [0.717, 1.165) is 11.8 Å². The van der Waals surface area contributed by atoms with Crippen molar-refractivity contribution in [3.05, 3.63) is 35.9 Å². The van der Waals surface area contributed by atoms with Crippen molar-refractivity contribution < 1.29 is 13.2 Å². The summed E-state index contributed by atoms with van der Waals surface area (Å²) in [5.74, 6) is 0.0207. The van der Waals surface area contributed by atoms with Crippen molar-refractivity contribution in [3.8, 4) is 0 Å². The van der Waals surface area contributed by atoms with Gasteiger partial charge in [-0.25, -0.2) is 8.42 Å². The highest BCUT2D eigenvalue weighted by Gasteiger charge is 2.21. The minimum atomic E-state index is -3.44. The van der Waals surface area contributed by atoms with Crippen LogP contribution < -0.4 is 5.32 Å². The van der Waals surface area contributed by atoms with Gasteiger partial charge in [0, 0.05) is 12.6 Å². The quantitative estimate of drug-likeness (QED) is 0.832. The second kappa shape index (κ2) is 7.56. The first-order valence-corrected chi connectivity index (χ1v) is 8.83. The molecular weight excluding hydrogens is 288 g/mol. The summed E-state index contributed by atoms with van der Waals surface area (Å²) in [5.41, 5.74) is 0.854. The van der Waals surface area contributed by atoms with E-state index in [1.54, 1.807) is 0 Å². The molecule has 1 rings (SSSR count). The first kappa shape index (κ1) is 17.7. The number of nitrogens with one attached hydrogen (secondary N) is 1. The molecule has 1 amide bonds. The van der Waals surface area contributed by atoms with Gasteiger partial charge in [-0.3, -0.25) is 4.79 Å². The highest BCUT2D eigenvalue weighted by molar-refractivity contribution is 7.88. The summed E-state index contributed by atoms with van der Waals surface area (Å²) in [5, 5.41) is 2.82. The summed E-state index contributed by atoms with van der Waals surface area (Å²) in [6.07, 6.45) is 1.12. The van der Waals surface area contributed by atoms with Crippen molar-refractivity contribution in [2.75, 3.05) is 12.8 Å². The highest BCUT2D eigenvalue weighted by Crippen LogP contribution is 2.08. The maximum absolute atomic E-state index is 12.0. The average Bonchev–Trinajstić information content (AvgIpc) is 2.37. The van der Waals surface area contributed by atoms with Crippen LogP contribution in [-0.4, -0.2) is 37.5 Å². The van der Waals surface area contributed by atoms with Crippen LogP contribution in [0.3, 0.4) is 0 Å². The van der Waals surface area contributed by atoms with Gasteiger partial charge in [-0.1, -0.05) is 44.2 Å². The molecule has 21 heavy (non-hydrogen) atoms. The number of hydrogen-bond acceptors (Lipinski definition) is 3. The number of rotatable bonds is 7. The molecule has 0 aliphatic heterocycles. The molecule has 0 aliphatic rings. The monoisotopic (exact) mass is 312 g/mol. The number of nitrogens with zero attached hydrogens (tertiary/aromatic N) is 1. The van der Waals surface area contributed by atoms with E-state index in [1.165, 1.54) is 4.31 Å². The van der Waals surface area contributed by atoms with Gasteiger partial charge >= 0.3 is 0 Å². The Kier molecular flexibility index (Phi) is 6.36. The Morgan fingerprint density at radius 1 is 1.19 bits per heavy atom. The summed E-state index contributed by atoms with van der Waals surface area (Å²) >= 11 is 0. The van der Waals surface area contributed by atoms with E-state index in [4.69, 9.17) is 0 Å². The molecule has 5 nitrogen and oxygen atoms in total. The molecule has 1 atom stereocenters. The van der Waals surface area contributed by atoms with Crippen molar-refractivity contribution in [3.63, 3.8) is 0 Å². The molecular formula is C15H24N2O3S.